The maximum absolute atomic E-state index is 9.47. The molecule has 0 aliphatic heterocycles. The third-order valence-electron chi connectivity index (χ3n) is 0.490. The van der Waals surface area contributed by atoms with E-state index < -0.39 is 21.1 Å². The van der Waals surface area contributed by atoms with Gasteiger partial charge in [0.05, 0.1) is 0 Å². The third kappa shape index (κ3) is 4.21. The van der Waals surface area contributed by atoms with Gasteiger partial charge in [-0.05, 0) is 0 Å². The molecule has 0 spiro atoms. The molecule has 0 saturated carbocycles. The second kappa shape index (κ2) is 5.37. The summed E-state index contributed by atoms with van der Waals surface area (Å²) in [4.78, 5) is 23.4. The molecular formula is CKN3O6. The van der Waals surface area contributed by atoms with Crippen LogP contribution in [0.5, 0.6) is 0 Å². The molecule has 10 heteroatoms. The largest absolute Gasteiger partial charge is 1.00 e. The topological polar surface area (TPSA) is 129 Å². The fraction of sp³-hybridized carbons (Fsp3) is 0. The fourth-order valence-electron chi connectivity index (χ4n) is 0.200. The van der Waals surface area contributed by atoms with Gasteiger partial charge in [-0.1, -0.05) is 0 Å². The molecular weight excluding hydrogens is 189 g/mol. The van der Waals surface area contributed by atoms with Gasteiger partial charge in [0.1, 0.15) is 0 Å². The van der Waals surface area contributed by atoms with Crippen LogP contribution in [0.1, 0.15) is 0 Å². The summed E-state index contributed by atoms with van der Waals surface area (Å²) in [5.74, 6) is 0. The van der Waals surface area contributed by atoms with E-state index >= 15 is 0 Å². The minimum Gasteiger partial charge on any atom is -0.283 e. The molecule has 0 aromatic rings. The van der Waals surface area contributed by atoms with Gasteiger partial charge in [0.2, 0.25) is 0 Å². The second-order valence-electron chi connectivity index (χ2n) is 1.07. The average Bonchev–Trinajstić information content (AvgIpc) is 1.59. The summed E-state index contributed by atoms with van der Waals surface area (Å²) in [6, 6.07) is 0. The Morgan fingerprint density at radius 2 is 1.00 bits per heavy atom. The Morgan fingerprint density at radius 1 is 0.818 bits per heavy atom. The van der Waals surface area contributed by atoms with Gasteiger partial charge in [0.25, 0.3) is 0 Å². The molecule has 0 saturated heterocycles. The van der Waals surface area contributed by atoms with E-state index in [2.05, 4.69) is 0 Å². The summed E-state index contributed by atoms with van der Waals surface area (Å²) in [5.41, 5.74) is 0. The summed E-state index contributed by atoms with van der Waals surface area (Å²) in [6.45, 7) is 0. The van der Waals surface area contributed by atoms with Crippen molar-refractivity contribution in [3.05, 3.63) is 36.6 Å². The van der Waals surface area contributed by atoms with Crippen molar-refractivity contribution in [1.29, 1.82) is 0 Å². The number of nitro groups is 3. The smallest absolute Gasteiger partial charge is 0.283 e. The van der Waals surface area contributed by atoms with Crippen LogP contribution >= 0.6 is 0 Å². The maximum Gasteiger partial charge on any atom is 1.00 e. The summed E-state index contributed by atoms with van der Waals surface area (Å²) in [7, 11) is 0. The minimum absolute atomic E-state index is 0. The van der Waals surface area contributed by atoms with Crippen molar-refractivity contribution in [3.63, 3.8) is 0 Å². The summed E-state index contributed by atoms with van der Waals surface area (Å²) >= 11 is 0. The molecule has 11 heavy (non-hydrogen) atoms. The van der Waals surface area contributed by atoms with Gasteiger partial charge in [-0.3, -0.25) is 30.3 Å². The molecule has 0 aliphatic carbocycles. The second-order valence-corrected chi connectivity index (χ2v) is 1.07. The molecule has 0 aromatic carbocycles. The molecule has 56 valence electrons. The van der Waals surface area contributed by atoms with E-state index in [1.165, 1.54) is 0 Å². The molecule has 0 amide bonds. The number of hydrogen-bond acceptors (Lipinski definition) is 6. The van der Waals surface area contributed by atoms with Crippen molar-refractivity contribution < 1.29 is 66.2 Å². The van der Waals surface area contributed by atoms with Crippen LogP contribution in [0, 0.1) is 36.6 Å². The maximum atomic E-state index is 9.47. The zero-order valence-electron chi connectivity index (χ0n) is 5.29. The van der Waals surface area contributed by atoms with Gasteiger partial charge in [-0.2, -0.15) is 0 Å². The van der Waals surface area contributed by atoms with Crippen LogP contribution < -0.4 is 51.4 Å². The van der Waals surface area contributed by atoms with Gasteiger partial charge in [0.15, 0.2) is 0 Å². The van der Waals surface area contributed by atoms with Crippen molar-refractivity contribution in [2.75, 3.05) is 0 Å². The predicted molar refractivity (Wildman–Crippen MR) is 24.2 cm³/mol. The van der Waals surface area contributed by atoms with Crippen LogP contribution in [0.4, 0.5) is 0 Å². The van der Waals surface area contributed by atoms with Crippen molar-refractivity contribution in [1.82, 2.24) is 0 Å². The summed E-state index contributed by atoms with van der Waals surface area (Å²) < 4.78 is 0. The Hall–Kier alpha value is -0.294. The van der Waals surface area contributed by atoms with Crippen LogP contribution in [0.15, 0.2) is 0 Å². The predicted octanol–water partition coefficient (Wildman–Crippen LogP) is -3.73. The van der Waals surface area contributed by atoms with E-state index in [9.17, 15) is 30.3 Å². The van der Waals surface area contributed by atoms with Crippen LogP contribution in [0.3, 0.4) is 0 Å². The molecule has 0 unspecified atom stereocenters. The van der Waals surface area contributed by atoms with Gasteiger partial charge < -0.3 is 0 Å². The number of hydrogen-bond donors (Lipinski definition) is 0. The van der Waals surface area contributed by atoms with Gasteiger partial charge in [-0.25, -0.2) is 0 Å². The van der Waals surface area contributed by atoms with Gasteiger partial charge >= 0.3 is 57.7 Å². The Labute approximate surface area is 102 Å². The van der Waals surface area contributed by atoms with Crippen LogP contribution in [-0.4, -0.2) is 14.8 Å². The Bertz CT molecular complexity index is 157. The standard InChI is InChI=1S/CN3O6.K/c5-2(6)1(3(7)8)4(9)10;/q-1;+1. The molecule has 0 radical (unpaired) electrons. The summed E-state index contributed by atoms with van der Waals surface area (Å²) in [5, 5.41) is 28.4. The van der Waals surface area contributed by atoms with Crippen molar-refractivity contribution in [2.24, 2.45) is 0 Å². The van der Waals surface area contributed by atoms with Crippen molar-refractivity contribution in [2.45, 2.75) is 0 Å². The van der Waals surface area contributed by atoms with Gasteiger partial charge in [-0.15, -0.1) is 0 Å². The molecule has 9 nitrogen and oxygen atoms in total. The molecule has 0 aliphatic rings. The quantitative estimate of drug-likeness (QED) is 0.194. The molecule has 0 aromatic heterocycles. The average molecular weight is 189 g/mol. The SMILES string of the molecule is O=[N+]([O-])[C-]([N+](=O)[O-])[N+](=O)[O-].[K+]. The first-order chi connectivity index (χ1) is 4.46. The van der Waals surface area contributed by atoms with E-state index in [1.807, 2.05) is 0 Å². The number of rotatable bonds is 3. The van der Waals surface area contributed by atoms with E-state index in [0.717, 1.165) is 0 Å². The molecule has 0 atom stereocenters. The molecule has 0 fully saturated rings. The Kier molecular flexibility index (Phi) is 6.49. The first-order valence-electron chi connectivity index (χ1n) is 1.77. The van der Waals surface area contributed by atoms with Crippen LogP contribution in [-0.2, 0) is 0 Å². The van der Waals surface area contributed by atoms with Crippen molar-refractivity contribution >= 4 is 0 Å². The van der Waals surface area contributed by atoms with E-state index in [4.69, 9.17) is 0 Å². The van der Waals surface area contributed by atoms with E-state index in [1.54, 1.807) is 0 Å². The fourth-order valence-corrected chi connectivity index (χ4v) is 0.200. The van der Waals surface area contributed by atoms with Gasteiger partial charge in [0, 0.05) is 14.8 Å². The van der Waals surface area contributed by atoms with Crippen LogP contribution in [0.25, 0.3) is 0 Å². The Morgan fingerprint density at radius 3 is 1.00 bits per heavy atom. The zero-order valence-corrected chi connectivity index (χ0v) is 8.41. The van der Waals surface area contributed by atoms with E-state index in [0.29, 0.717) is 0 Å². The normalized spacial score (nSPS) is 7.64. The molecule has 0 bridgehead atoms. The number of nitrogens with zero attached hydrogens (tertiary/aromatic N) is 3. The van der Waals surface area contributed by atoms with Crippen LogP contribution in [0.2, 0.25) is 0 Å². The minimum atomic E-state index is -2.14. The van der Waals surface area contributed by atoms with E-state index in [-0.39, 0.29) is 51.4 Å². The zero-order chi connectivity index (χ0) is 8.31. The first-order valence-corrected chi connectivity index (χ1v) is 1.77. The Balaban J connectivity index is 0. The molecule has 0 N–H and O–H groups in total. The monoisotopic (exact) mass is 189 g/mol. The molecule has 0 heterocycles. The molecule has 0 rings (SSSR count). The third-order valence-corrected chi connectivity index (χ3v) is 0.490. The summed E-state index contributed by atoms with van der Waals surface area (Å²) in [6.07, 6.45) is -2.14. The first kappa shape index (κ1) is 13.3. The van der Waals surface area contributed by atoms with Crippen molar-refractivity contribution in [3.8, 4) is 0 Å².